The molecule has 0 bridgehead atoms. The van der Waals surface area contributed by atoms with E-state index >= 15 is 0 Å². The van der Waals surface area contributed by atoms with Gasteiger partial charge < -0.3 is 10.6 Å². The second-order valence-electron chi connectivity index (χ2n) is 5.81. The summed E-state index contributed by atoms with van der Waals surface area (Å²) in [6, 6.07) is 8.41. The Morgan fingerprint density at radius 1 is 1.04 bits per heavy atom. The largest absolute Gasteiger partial charge is 0.416 e. The zero-order valence-electron chi connectivity index (χ0n) is 14.5. The number of aryl methyl sites for hydroxylation is 2. The minimum absolute atomic E-state index is 0.0115. The van der Waals surface area contributed by atoms with E-state index in [-0.39, 0.29) is 17.2 Å². The number of anilines is 1. The fraction of sp³-hybridized carbons (Fsp3) is 0.316. The molecule has 0 aliphatic heterocycles. The van der Waals surface area contributed by atoms with Gasteiger partial charge >= 0.3 is 6.18 Å². The molecule has 2 N–H and O–H groups in total. The lowest BCUT2D eigenvalue weighted by Crippen LogP contribution is -2.29. The molecule has 0 unspecified atom stereocenters. The maximum Gasteiger partial charge on any atom is 0.416 e. The maximum absolute atomic E-state index is 13.5. The predicted octanol–water partition coefficient (Wildman–Crippen LogP) is 5.46. The van der Waals surface area contributed by atoms with Gasteiger partial charge in [-0.3, -0.25) is 0 Å². The van der Waals surface area contributed by atoms with Gasteiger partial charge in [-0.1, -0.05) is 32.0 Å². The first-order chi connectivity index (χ1) is 12.2. The van der Waals surface area contributed by atoms with Crippen molar-refractivity contribution in [1.29, 1.82) is 0 Å². The summed E-state index contributed by atoms with van der Waals surface area (Å²) >= 11 is 5.25. The maximum atomic E-state index is 13.5. The molecule has 0 heterocycles. The molecule has 2 aromatic carbocycles. The molecule has 0 aliphatic carbocycles. The minimum atomic E-state index is -4.59. The number of benzene rings is 2. The van der Waals surface area contributed by atoms with Gasteiger partial charge in [0.25, 0.3) is 0 Å². The van der Waals surface area contributed by atoms with Crippen LogP contribution in [0.4, 0.5) is 23.2 Å². The van der Waals surface area contributed by atoms with Crippen LogP contribution in [-0.4, -0.2) is 5.11 Å². The van der Waals surface area contributed by atoms with E-state index in [2.05, 4.69) is 10.6 Å². The second-order valence-corrected chi connectivity index (χ2v) is 6.22. The van der Waals surface area contributed by atoms with Crippen molar-refractivity contribution in [2.45, 2.75) is 39.4 Å². The molecule has 0 atom stereocenters. The van der Waals surface area contributed by atoms with Gasteiger partial charge in [-0.25, -0.2) is 4.39 Å². The lowest BCUT2D eigenvalue weighted by atomic mass is 10.0. The third-order valence-corrected chi connectivity index (χ3v) is 4.22. The normalized spacial score (nSPS) is 11.3. The monoisotopic (exact) mass is 384 g/mol. The Kier molecular flexibility index (Phi) is 6.58. The highest BCUT2D eigenvalue weighted by Crippen LogP contribution is 2.30. The zero-order chi connectivity index (χ0) is 19.3. The van der Waals surface area contributed by atoms with Crippen LogP contribution >= 0.6 is 12.2 Å². The fourth-order valence-electron chi connectivity index (χ4n) is 2.66. The third-order valence-electron chi connectivity index (χ3n) is 3.98. The van der Waals surface area contributed by atoms with Gasteiger partial charge in [0.05, 0.1) is 5.56 Å². The number of thiocarbonyl (C=S) groups is 1. The number of hydrogen-bond acceptors (Lipinski definition) is 1. The molecule has 0 fully saturated rings. The fourth-order valence-corrected chi connectivity index (χ4v) is 2.83. The highest BCUT2D eigenvalue weighted by atomic mass is 32.1. The van der Waals surface area contributed by atoms with E-state index in [1.807, 2.05) is 32.0 Å². The van der Waals surface area contributed by atoms with Crippen molar-refractivity contribution in [3.8, 4) is 0 Å². The topological polar surface area (TPSA) is 24.1 Å². The van der Waals surface area contributed by atoms with Gasteiger partial charge in [0.1, 0.15) is 5.82 Å². The van der Waals surface area contributed by atoms with E-state index in [9.17, 15) is 17.6 Å². The molecule has 0 amide bonds. The SMILES string of the molecule is CCc1cccc(CC)c1NC(=S)NCc1cc(F)cc(C(F)(F)F)c1. The number of nitrogens with one attached hydrogen (secondary N) is 2. The van der Waals surface area contributed by atoms with Gasteiger partial charge in [-0.2, -0.15) is 13.2 Å². The van der Waals surface area contributed by atoms with Crippen molar-refractivity contribution in [2.24, 2.45) is 0 Å². The molecule has 0 saturated heterocycles. The van der Waals surface area contributed by atoms with Gasteiger partial charge in [-0.05, 0) is 59.9 Å². The molecular weight excluding hydrogens is 364 g/mol. The van der Waals surface area contributed by atoms with Crippen LogP contribution in [0.2, 0.25) is 0 Å². The number of alkyl halides is 3. The van der Waals surface area contributed by atoms with Crippen molar-refractivity contribution in [3.63, 3.8) is 0 Å². The van der Waals surface area contributed by atoms with Gasteiger partial charge in [0, 0.05) is 12.2 Å². The first-order valence-electron chi connectivity index (χ1n) is 8.26. The zero-order valence-corrected chi connectivity index (χ0v) is 15.3. The molecule has 26 heavy (non-hydrogen) atoms. The van der Waals surface area contributed by atoms with Crippen LogP contribution in [0.3, 0.4) is 0 Å². The highest BCUT2D eigenvalue weighted by molar-refractivity contribution is 7.80. The Morgan fingerprint density at radius 2 is 1.65 bits per heavy atom. The number of rotatable bonds is 5. The molecule has 140 valence electrons. The Hall–Kier alpha value is -2.15. The Bertz CT molecular complexity index is 765. The molecule has 0 aromatic heterocycles. The highest BCUT2D eigenvalue weighted by Gasteiger charge is 2.31. The molecular formula is C19H20F4N2S. The molecule has 0 spiro atoms. The van der Waals surface area contributed by atoms with E-state index in [0.29, 0.717) is 6.07 Å². The summed E-state index contributed by atoms with van der Waals surface area (Å²) in [6.45, 7) is 4.05. The molecule has 2 rings (SSSR count). The Balaban J connectivity index is 2.10. The van der Waals surface area contributed by atoms with Crippen molar-refractivity contribution in [3.05, 3.63) is 64.5 Å². The average molecular weight is 384 g/mol. The first kappa shape index (κ1) is 20.2. The molecule has 0 radical (unpaired) electrons. The molecule has 2 nitrogen and oxygen atoms in total. The second kappa shape index (κ2) is 8.49. The van der Waals surface area contributed by atoms with Crippen LogP contribution in [0.1, 0.15) is 36.1 Å². The van der Waals surface area contributed by atoms with Crippen molar-refractivity contribution < 1.29 is 17.6 Å². The Labute approximate surface area is 155 Å². The minimum Gasteiger partial charge on any atom is -0.358 e. The van der Waals surface area contributed by atoms with Crippen molar-refractivity contribution in [2.75, 3.05) is 5.32 Å². The van der Waals surface area contributed by atoms with E-state index in [1.54, 1.807) is 0 Å². The van der Waals surface area contributed by atoms with Crippen molar-refractivity contribution in [1.82, 2.24) is 5.32 Å². The number of para-hydroxylation sites is 1. The number of hydrogen-bond donors (Lipinski definition) is 2. The first-order valence-corrected chi connectivity index (χ1v) is 8.67. The molecule has 0 aliphatic rings. The van der Waals surface area contributed by atoms with Crippen molar-refractivity contribution >= 4 is 23.0 Å². The molecule has 7 heteroatoms. The van der Waals surface area contributed by atoms with Gasteiger partial charge in [-0.15, -0.1) is 0 Å². The van der Waals surface area contributed by atoms with Crippen LogP contribution in [0, 0.1) is 5.82 Å². The lowest BCUT2D eigenvalue weighted by molar-refractivity contribution is -0.137. The summed E-state index contributed by atoms with van der Waals surface area (Å²) in [5.41, 5.74) is 2.25. The van der Waals surface area contributed by atoms with Crippen LogP contribution in [0.15, 0.2) is 36.4 Å². The summed E-state index contributed by atoms with van der Waals surface area (Å²) in [4.78, 5) is 0. The summed E-state index contributed by atoms with van der Waals surface area (Å²) in [5.74, 6) is -0.930. The molecule has 0 saturated carbocycles. The summed E-state index contributed by atoms with van der Waals surface area (Å²) in [5, 5.41) is 6.23. The standard InChI is InChI=1S/C19H20F4N2S/c1-3-13-6-5-7-14(4-2)17(13)25-18(26)24-11-12-8-15(19(21,22)23)10-16(20)9-12/h5-10H,3-4,11H2,1-2H3,(H2,24,25,26). The van der Waals surface area contributed by atoms with Crippen LogP contribution in [0.5, 0.6) is 0 Å². The van der Waals surface area contributed by atoms with E-state index in [0.717, 1.165) is 41.8 Å². The summed E-state index contributed by atoms with van der Waals surface area (Å²) < 4.78 is 51.8. The third kappa shape index (κ3) is 5.17. The summed E-state index contributed by atoms with van der Waals surface area (Å²) in [6.07, 6.45) is -2.96. The predicted molar refractivity (Wildman–Crippen MR) is 99.7 cm³/mol. The quantitative estimate of drug-likeness (QED) is 0.529. The number of halogens is 4. The Morgan fingerprint density at radius 3 is 2.19 bits per heavy atom. The van der Waals surface area contributed by atoms with Crippen LogP contribution < -0.4 is 10.6 Å². The smallest absolute Gasteiger partial charge is 0.358 e. The van der Waals surface area contributed by atoms with Crippen LogP contribution in [0.25, 0.3) is 0 Å². The average Bonchev–Trinajstić information content (AvgIpc) is 2.59. The van der Waals surface area contributed by atoms with E-state index in [1.165, 1.54) is 0 Å². The molecule has 2 aromatic rings. The van der Waals surface area contributed by atoms with E-state index < -0.39 is 17.6 Å². The van der Waals surface area contributed by atoms with E-state index in [4.69, 9.17) is 12.2 Å². The van der Waals surface area contributed by atoms with Gasteiger partial charge in [0.2, 0.25) is 0 Å². The summed E-state index contributed by atoms with van der Waals surface area (Å²) in [7, 11) is 0. The lowest BCUT2D eigenvalue weighted by Gasteiger charge is -2.17. The van der Waals surface area contributed by atoms with Gasteiger partial charge in [0.15, 0.2) is 5.11 Å². The van der Waals surface area contributed by atoms with Crippen LogP contribution in [-0.2, 0) is 25.6 Å².